The molecule has 3 aromatic heterocycles. The largest absolute Gasteiger partial charge is 0.354 e. The summed E-state index contributed by atoms with van der Waals surface area (Å²) in [6.07, 6.45) is 7.70. The minimum absolute atomic E-state index is 0.498. The second-order valence-electron chi connectivity index (χ2n) is 4.42. The van der Waals surface area contributed by atoms with Crippen molar-refractivity contribution in [1.29, 1.82) is 0 Å². The Balaban J connectivity index is 2.07. The smallest absolute Gasteiger partial charge is 0.240 e. The molecule has 108 valence electrons. The van der Waals surface area contributed by atoms with Crippen molar-refractivity contribution in [2.75, 3.05) is 11.9 Å². The van der Waals surface area contributed by atoms with Crippen LogP contribution in [0.5, 0.6) is 0 Å². The van der Waals surface area contributed by atoms with Crippen molar-refractivity contribution in [3.63, 3.8) is 0 Å². The fraction of sp³-hybridized carbons (Fsp3) is 0.333. The van der Waals surface area contributed by atoms with Crippen LogP contribution in [0.2, 0.25) is 0 Å². The molecule has 21 heavy (non-hydrogen) atoms. The lowest BCUT2D eigenvalue weighted by molar-refractivity contribution is 0.716. The summed E-state index contributed by atoms with van der Waals surface area (Å²) in [7, 11) is 1.79. The lowest BCUT2D eigenvalue weighted by Crippen LogP contribution is -2.11. The molecule has 3 aromatic rings. The van der Waals surface area contributed by atoms with Crippen LogP contribution in [-0.2, 0) is 7.05 Å². The third-order valence-electron chi connectivity index (χ3n) is 2.84. The molecule has 0 fully saturated rings. The number of hydrogen-bond donors (Lipinski definition) is 1. The van der Waals surface area contributed by atoms with E-state index in [-0.39, 0.29) is 0 Å². The molecule has 3 heterocycles. The molecule has 0 aliphatic carbocycles. The Labute approximate surface area is 121 Å². The van der Waals surface area contributed by atoms with E-state index in [1.807, 2.05) is 0 Å². The van der Waals surface area contributed by atoms with Crippen molar-refractivity contribution in [1.82, 2.24) is 39.5 Å². The number of imidazole rings is 1. The summed E-state index contributed by atoms with van der Waals surface area (Å²) in [6, 6.07) is 0. The highest BCUT2D eigenvalue weighted by molar-refractivity contribution is 5.50. The fourth-order valence-corrected chi connectivity index (χ4v) is 1.78. The number of rotatable bonds is 5. The van der Waals surface area contributed by atoms with E-state index >= 15 is 0 Å². The molecule has 9 heteroatoms. The average molecular weight is 285 g/mol. The van der Waals surface area contributed by atoms with Crippen LogP contribution in [0.25, 0.3) is 17.5 Å². The Morgan fingerprint density at radius 3 is 2.81 bits per heavy atom. The van der Waals surface area contributed by atoms with Gasteiger partial charge in [0, 0.05) is 26.0 Å². The van der Waals surface area contributed by atoms with Crippen molar-refractivity contribution in [3.05, 3.63) is 24.9 Å². The van der Waals surface area contributed by atoms with E-state index in [0.29, 0.717) is 17.7 Å². The van der Waals surface area contributed by atoms with Crippen molar-refractivity contribution < 1.29 is 0 Å². The normalized spacial score (nSPS) is 10.8. The van der Waals surface area contributed by atoms with E-state index in [4.69, 9.17) is 0 Å². The van der Waals surface area contributed by atoms with Gasteiger partial charge in [-0.1, -0.05) is 12.1 Å². The predicted molar refractivity (Wildman–Crippen MR) is 75.7 cm³/mol. The standard InChI is InChI=1S/C12H15N9/c1-3-4-14-11-16-10(9-7-15-19-20(9)2)17-12(18-11)21-6-5-13-8-21/h5-8H,3-4H2,1-2H3,(H,14,16,17,18). The maximum Gasteiger partial charge on any atom is 0.240 e. The molecule has 0 unspecified atom stereocenters. The Hall–Kier alpha value is -2.84. The Kier molecular flexibility index (Phi) is 3.54. The molecule has 0 aromatic carbocycles. The molecular formula is C12H15N9. The Morgan fingerprint density at radius 1 is 1.24 bits per heavy atom. The van der Waals surface area contributed by atoms with E-state index in [2.05, 4.69) is 42.5 Å². The first-order valence-electron chi connectivity index (χ1n) is 6.61. The molecule has 0 amide bonds. The second kappa shape index (κ2) is 5.65. The molecule has 1 N–H and O–H groups in total. The van der Waals surface area contributed by atoms with Crippen molar-refractivity contribution >= 4 is 5.95 Å². The van der Waals surface area contributed by atoms with Gasteiger partial charge in [-0.3, -0.25) is 4.57 Å². The Bertz CT molecular complexity index is 716. The number of anilines is 1. The molecule has 9 nitrogen and oxygen atoms in total. The van der Waals surface area contributed by atoms with Crippen LogP contribution in [0.1, 0.15) is 13.3 Å². The van der Waals surface area contributed by atoms with Gasteiger partial charge in [0.25, 0.3) is 0 Å². The van der Waals surface area contributed by atoms with E-state index in [1.165, 1.54) is 0 Å². The molecule has 0 bridgehead atoms. The first kappa shape index (κ1) is 13.2. The zero-order chi connectivity index (χ0) is 14.7. The van der Waals surface area contributed by atoms with Gasteiger partial charge in [0.1, 0.15) is 12.0 Å². The topological polar surface area (TPSA) is 99.2 Å². The van der Waals surface area contributed by atoms with Gasteiger partial charge in [0.05, 0.1) is 6.20 Å². The van der Waals surface area contributed by atoms with Gasteiger partial charge >= 0.3 is 0 Å². The van der Waals surface area contributed by atoms with E-state index in [0.717, 1.165) is 18.7 Å². The maximum absolute atomic E-state index is 4.45. The van der Waals surface area contributed by atoms with E-state index < -0.39 is 0 Å². The van der Waals surface area contributed by atoms with Crippen LogP contribution >= 0.6 is 0 Å². The molecule has 0 aliphatic rings. The van der Waals surface area contributed by atoms with Crippen molar-refractivity contribution in [2.45, 2.75) is 13.3 Å². The van der Waals surface area contributed by atoms with Crippen LogP contribution in [0, 0.1) is 0 Å². The fourth-order valence-electron chi connectivity index (χ4n) is 1.78. The zero-order valence-electron chi connectivity index (χ0n) is 11.8. The summed E-state index contributed by atoms with van der Waals surface area (Å²) in [5.74, 6) is 1.53. The molecule has 0 spiro atoms. The molecule has 0 aliphatic heterocycles. The summed E-state index contributed by atoms with van der Waals surface area (Å²) < 4.78 is 3.35. The van der Waals surface area contributed by atoms with E-state index in [9.17, 15) is 0 Å². The van der Waals surface area contributed by atoms with Gasteiger partial charge in [-0.25, -0.2) is 9.67 Å². The Morgan fingerprint density at radius 2 is 2.14 bits per heavy atom. The third kappa shape index (κ3) is 2.71. The van der Waals surface area contributed by atoms with Crippen LogP contribution < -0.4 is 5.32 Å². The number of hydrogen-bond acceptors (Lipinski definition) is 7. The van der Waals surface area contributed by atoms with Crippen molar-refractivity contribution in [2.24, 2.45) is 7.05 Å². The molecule has 0 radical (unpaired) electrons. The van der Waals surface area contributed by atoms with Gasteiger partial charge < -0.3 is 5.32 Å². The van der Waals surface area contributed by atoms with Crippen LogP contribution in [-0.4, -0.2) is 46.0 Å². The lowest BCUT2D eigenvalue weighted by atomic mass is 10.4. The number of nitrogens with zero attached hydrogens (tertiary/aromatic N) is 8. The number of nitrogens with one attached hydrogen (secondary N) is 1. The van der Waals surface area contributed by atoms with Crippen LogP contribution in [0.15, 0.2) is 24.9 Å². The summed E-state index contributed by atoms with van der Waals surface area (Å²) in [5, 5.41) is 10.9. The number of aryl methyl sites for hydroxylation is 1. The number of aromatic nitrogens is 8. The molecular weight excluding hydrogens is 270 g/mol. The minimum Gasteiger partial charge on any atom is -0.354 e. The van der Waals surface area contributed by atoms with Gasteiger partial charge in [0.2, 0.25) is 11.9 Å². The molecule has 0 saturated carbocycles. The maximum atomic E-state index is 4.45. The summed E-state index contributed by atoms with van der Waals surface area (Å²) in [5.41, 5.74) is 0.721. The molecule has 0 saturated heterocycles. The summed E-state index contributed by atoms with van der Waals surface area (Å²) in [6.45, 7) is 2.87. The van der Waals surface area contributed by atoms with Crippen LogP contribution in [0.3, 0.4) is 0 Å². The molecule has 0 atom stereocenters. The van der Waals surface area contributed by atoms with Gasteiger partial charge in [-0.15, -0.1) is 5.10 Å². The first-order valence-corrected chi connectivity index (χ1v) is 6.61. The monoisotopic (exact) mass is 285 g/mol. The second-order valence-corrected chi connectivity index (χ2v) is 4.42. The molecule has 3 rings (SSSR count). The van der Waals surface area contributed by atoms with Gasteiger partial charge in [-0.05, 0) is 6.42 Å². The predicted octanol–water partition coefficient (Wildman–Crippen LogP) is 0.675. The lowest BCUT2D eigenvalue weighted by Gasteiger charge is -2.08. The minimum atomic E-state index is 0.498. The van der Waals surface area contributed by atoms with Gasteiger partial charge in [0.15, 0.2) is 5.82 Å². The van der Waals surface area contributed by atoms with E-state index in [1.54, 1.807) is 41.2 Å². The highest BCUT2D eigenvalue weighted by atomic mass is 15.4. The zero-order valence-corrected chi connectivity index (χ0v) is 11.8. The van der Waals surface area contributed by atoms with Gasteiger partial charge in [-0.2, -0.15) is 15.0 Å². The van der Waals surface area contributed by atoms with Crippen molar-refractivity contribution in [3.8, 4) is 17.5 Å². The quantitative estimate of drug-likeness (QED) is 0.735. The van der Waals surface area contributed by atoms with Crippen LogP contribution in [0.4, 0.5) is 5.95 Å². The summed E-state index contributed by atoms with van der Waals surface area (Å²) in [4.78, 5) is 17.3. The first-order chi connectivity index (χ1) is 10.3. The summed E-state index contributed by atoms with van der Waals surface area (Å²) >= 11 is 0. The average Bonchev–Trinajstić information content (AvgIpc) is 3.16. The SMILES string of the molecule is CCCNc1nc(-c2cnnn2C)nc(-n2ccnc2)n1. The highest BCUT2D eigenvalue weighted by Gasteiger charge is 2.12. The highest BCUT2D eigenvalue weighted by Crippen LogP contribution is 2.15. The third-order valence-corrected chi connectivity index (χ3v) is 2.84.